The van der Waals surface area contributed by atoms with Crippen LogP contribution < -0.4 is 4.90 Å². The molecular formula is C22H28IN3O. The zero-order valence-corrected chi connectivity index (χ0v) is 17.8. The summed E-state index contributed by atoms with van der Waals surface area (Å²) in [6, 6.07) is 19.7. The van der Waals surface area contributed by atoms with E-state index in [9.17, 15) is 5.11 Å². The third-order valence-electron chi connectivity index (χ3n) is 5.83. The molecule has 0 bridgehead atoms. The molecule has 2 aliphatic heterocycles. The highest BCUT2D eigenvalue weighted by molar-refractivity contribution is 14.1. The third-order valence-corrected chi connectivity index (χ3v) is 6.50. The van der Waals surface area contributed by atoms with Gasteiger partial charge in [0.2, 0.25) is 0 Å². The number of para-hydroxylation sites is 1. The fourth-order valence-corrected chi connectivity index (χ4v) is 4.94. The number of likely N-dealkylation sites (tertiary alicyclic amines) is 1. The highest BCUT2D eigenvalue weighted by Gasteiger charge is 2.33. The van der Waals surface area contributed by atoms with E-state index in [0.29, 0.717) is 0 Å². The van der Waals surface area contributed by atoms with Gasteiger partial charge in [-0.1, -0.05) is 30.3 Å². The van der Waals surface area contributed by atoms with Crippen molar-refractivity contribution >= 4 is 28.3 Å². The van der Waals surface area contributed by atoms with Gasteiger partial charge in [0.25, 0.3) is 0 Å². The molecule has 2 aliphatic rings. The molecule has 5 heteroatoms. The molecule has 0 amide bonds. The number of aliphatic hydroxyl groups excluding tert-OH is 1. The largest absolute Gasteiger partial charge is 0.391 e. The lowest BCUT2D eigenvalue weighted by molar-refractivity contribution is -0.0158. The molecule has 2 aromatic carbocycles. The van der Waals surface area contributed by atoms with E-state index >= 15 is 0 Å². The van der Waals surface area contributed by atoms with E-state index in [1.807, 2.05) is 0 Å². The molecule has 2 atom stereocenters. The number of hydrogen-bond acceptors (Lipinski definition) is 4. The standard InChI is InChI=1S/C22H28IN3O/c23-19-6-4-5-18(15-19)16-24-10-9-22(27)21(17-24)26-13-11-25(12-14-26)20-7-2-1-3-8-20/h1-8,15,21-22,27H,9-14,16-17H2/t21-,22-/m0/s1/i23-2. The predicted octanol–water partition coefficient (Wildman–Crippen LogP) is 3.05. The molecule has 0 spiro atoms. The van der Waals surface area contributed by atoms with Gasteiger partial charge in [-0.2, -0.15) is 0 Å². The fraction of sp³-hybridized carbons (Fsp3) is 0.455. The Bertz CT molecular complexity index is 733. The molecule has 0 radical (unpaired) electrons. The maximum absolute atomic E-state index is 10.6. The maximum Gasteiger partial charge on any atom is 0.0720 e. The maximum atomic E-state index is 10.6. The lowest BCUT2D eigenvalue weighted by Crippen LogP contribution is -2.59. The van der Waals surface area contributed by atoms with Crippen molar-refractivity contribution in [3.05, 3.63) is 63.7 Å². The van der Waals surface area contributed by atoms with Gasteiger partial charge in [0.1, 0.15) is 0 Å². The zero-order valence-electron chi connectivity index (χ0n) is 15.7. The summed E-state index contributed by atoms with van der Waals surface area (Å²) in [5.74, 6) is 0. The molecule has 0 unspecified atom stereocenters. The molecule has 2 saturated heterocycles. The van der Waals surface area contributed by atoms with Crippen LogP contribution >= 0.6 is 22.6 Å². The molecule has 0 aromatic heterocycles. The molecular weight excluding hydrogens is 447 g/mol. The average molecular weight is 475 g/mol. The van der Waals surface area contributed by atoms with Crippen molar-refractivity contribution in [2.45, 2.75) is 25.1 Å². The topological polar surface area (TPSA) is 30.0 Å². The number of benzene rings is 2. The van der Waals surface area contributed by atoms with Gasteiger partial charge in [-0.05, 0) is 58.8 Å². The first-order valence-corrected chi connectivity index (χ1v) is 11.0. The number of piperazine rings is 1. The van der Waals surface area contributed by atoms with Crippen molar-refractivity contribution in [2.75, 3.05) is 44.2 Å². The van der Waals surface area contributed by atoms with Crippen molar-refractivity contribution in [2.24, 2.45) is 0 Å². The van der Waals surface area contributed by atoms with E-state index in [1.54, 1.807) is 0 Å². The van der Waals surface area contributed by atoms with Gasteiger partial charge >= 0.3 is 0 Å². The molecule has 144 valence electrons. The van der Waals surface area contributed by atoms with E-state index in [2.05, 4.69) is 91.9 Å². The van der Waals surface area contributed by atoms with E-state index < -0.39 is 0 Å². The molecule has 4 nitrogen and oxygen atoms in total. The van der Waals surface area contributed by atoms with Crippen molar-refractivity contribution in [3.8, 4) is 0 Å². The van der Waals surface area contributed by atoms with E-state index in [1.165, 1.54) is 14.8 Å². The summed E-state index contributed by atoms with van der Waals surface area (Å²) in [5, 5.41) is 10.6. The fourth-order valence-electron chi connectivity index (χ4n) is 4.33. The number of hydrogen-bond donors (Lipinski definition) is 1. The van der Waals surface area contributed by atoms with Crippen molar-refractivity contribution in [1.29, 1.82) is 0 Å². The van der Waals surface area contributed by atoms with Gasteiger partial charge in [0.15, 0.2) is 0 Å². The second kappa shape index (κ2) is 8.90. The Morgan fingerprint density at radius 3 is 2.44 bits per heavy atom. The second-order valence-corrected chi connectivity index (χ2v) is 8.89. The minimum absolute atomic E-state index is 0.208. The molecule has 2 heterocycles. The van der Waals surface area contributed by atoms with Crippen LogP contribution in [0.25, 0.3) is 0 Å². The van der Waals surface area contributed by atoms with Gasteiger partial charge in [-0.3, -0.25) is 9.80 Å². The summed E-state index contributed by atoms with van der Waals surface area (Å²) in [6.45, 7) is 7.02. The number of halogens is 1. The number of anilines is 1. The van der Waals surface area contributed by atoms with Gasteiger partial charge in [-0.15, -0.1) is 0 Å². The Kier molecular flexibility index (Phi) is 6.32. The van der Waals surface area contributed by atoms with E-state index in [0.717, 1.165) is 52.2 Å². The van der Waals surface area contributed by atoms with Crippen LogP contribution in [0.5, 0.6) is 0 Å². The number of nitrogens with zero attached hydrogens (tertiary/aromatic N) is 3. The van der Waals surface area contributed by atoms with Crippen LogP contribution in [0.15, 0.2) is 54.6 Å². The molecule has 0 aliphatic carbocycles. The van der Waals surface area contributed by atoms with Gasteiger partial charge in [0, 0.05) is 61.1 Å². The van der Waals surface area contributed by atoms with Crippen LogP contribution in [-0.2, 0) is 6.54 Å². The number of rotatable bonds is 4. The summed E-state index contributed by atoms with van der Waals surface area (Å²) < 4.78 is 1.29. The summed E-state index contributed by atoms with van der Waals surface area (Å²) in [5.41, 5.74) is 2.67. The van der Waals surface area contributed by atoms with Gasteiger partial charge < -0.3 is 10.0 Å². The quantitative estimate of drug-likeness (QED) is 0.689. The Morgan fingerprint density at radius 2 is 1.70 bits per heavy atom. The first kappa shape index (κ1) is 19.2. The SMILES string of the molecule is O[C@H]1CCN(Cc2cccc([125I])c2)C[C@@H]1N1CCN(c2ccccc2)CC1. The second-order valence-electron chi connectivity index (χ2n) is 7.65. The van der Waals surface area contributed by atoms with Crippen molar-refractivity contribution in [1.82, 2.24) is 9.80 Å². The van der Waals surface area contributed by atoms with Crippen LogP contribution in [0, 0.1) is 3.57 Å². The Labute approximate surface area is 175 Å². The van der Waals surface area contributed by atoms with Crippen LogP contribution in [0.2, 0.25) is 0 Å². The van der Waals surface area contributed by atoms with Crippen molar-refractivity contribution < 1.29 is 5.11 Å². The van der Waals surface area contributed by atoms with E-state index in [4.69, 9.17) is 0 Å². The Morgan fingerprint density at radius 1 is 0.926 bits per heavy atom. The summed E-state index contributed by atoms with van der Waals surface area (Å²) in [7, 11) is 0. The summed E-state index contributed by atoms with van der Waals surface area (Å²) in [4.78, 5) is 7.47. The highest BCUT2D eigenvalue weighted by Crippen LogP contribution is 2.22. The molecule has 2 aromatic rings. The van der Waals surface area contributed by atoms with Crippen LogP contribution in [-0.4, -0.2) is 66.3 Å². The van der Waals surface area contributed by atoms with Crippen molar-refractivity contribution in [3.63, 3.8) is 0 Å². The number of aliphatic hydroxyl groups is 1. The van der Waals surface area contributed by atoms with Gasteiger partial charge in [0.05, 0.1) is 6.10 Å². The Hall–Kier alpha value is -1.15. The lowest BCUT2D eigenvalue weighted by atomic mass is 9.99. The Balaban J connectivity index is 1.35. The smallest absolute Gasteiger partial charge is 0.0720 e. The van der Waals surface area contributed by atoms with Crippen LogP contribution in [0.4, 0.5) is 5.69 Å². The molecule has 4 rings (SSSR count). The summed E-state index contributed by atoms with van der Waals surface area (Å²) in [6.07, 6.45) is 0.661. The average Bonchev–Trinajstić information content (AvgIpc) is 2.70. The zero-order chi connectivity index (χ0) is 18.6. The third kappa shape index (κ3) is 4.83. The van der Waals surface area contributed by atoms with E-state index in [-0.39, 0.29) is 12.1 Å². The minimum atomic E-state index is -0.208. The molecule has 2 fully saturated rings. The minimum Gasteiger partial charge on any atom is -0.391 e. The monoisotopic (exact) mass is 475 g/mol. The van der Waals surface area contributed by atoms with Crippen LogP contribution in [0.1, 0.15) is 12.0 Å². The normalized spacial score (nSPS) is 24.9. The van der Waals surface area contributed by atoms with Gasteiger partial charge in [-0.25, -0.2) is 0 Å². The first-order valence-electron chi connectivity index (χ1n) is 9.88. The molecule has 0 saturated carbocycles. The predicted molar refractivity (Wildman–Crippen MR) is 119 cm³/mol. The first-order chi connectivity index (χ1) is 13.2. The van der Waals surface area contributed by atoms with Crippen LogP contribution in [0.3, 0.4) is 0 Å². The highest BCUT2D eigenvalue weighted by atomic mass is 125. The molecule has 27 heavy (non-hydrogen) atoms. The number of piperidine rings is 1. The lowest BCUT2D eigenvalue weighted by Gasteiger charge is -2.46. The summed E-state index contributed by atoms with van der Waals surface area (Å²) >= 11 is 2.38. The molecule has 1 N–H and O–H groups in total.